The average molecular weight is 554 g/mol. The lowest BCUT2D eigenvalue weighted by molar-refractivity contribution is -0.0364. The molecule has 7 rings (SSSR count). The first-order chi connectivity index (χ1) is 20.0. The summed E-state index contributed by atoms with van der Waals surface area (Å²) in [5.41, 5.74) is 4.56. The molecule has 41 heavy (non-hydrogen) atoms. The Balaban J connectivity index is 1.04. The van der Waals surface area contributed by atoms with E-state index in [1.54, 1.807) is 4.52 Å². The van der Waals surface area contributed by atoms with Gasteiger partial charge in [-0.3, -0.25) is 4.79 Å². The molecule has 0 saturated carbocycles. The fourth-order valence-electron chi connectivity index (χ4n) is 6.30. The minimum absolute atomic E-state index is 0.0323. The molecule has 3 aliphatic rings. The Bertz CT molecular complexity index is 1540. The number of ether oxygens (including phenoxy) is 1. The third-order valence-corrected chi connectivity index (χ3v) is 8.70. The number of carbonyl (C=O) groups is 1. The Kier molecular flexibility index (Phi) is 6.61. The van der Waals surface area contributed by atoms with Crippen molar-refractivity contribution in [3.8, 4) is 0 Å². The second-order valence-electron chi connectivity index (χ2n) is 11.3. The maximum Gasteiger partial charge on any atom is 0.254 e. The van der Waals surface area contributed by atoms with Gasteiger partial charge in [0.2, 0.25) is 5.95 Å². The van der Waals surface area contributed by atoms with Crippen LogP contribution >= 0.6 is 0 Å². The maximum absolute atomic E-state index is 13.2. The molecule has 0 bridgehead atoms. The highest BCUT2D eigenvalue weighted by atomic mass is 16.5. The molecule has 2 aromatic heterocycles. The van der Waals surface area contributed by atoms with Gasteiger partial charge in [0, 0.05) is 50.2 Å². The zero-order valence-electron chi connectivity index (χ0n) is 23.2. The standard InChI is InChI=1S/C31H35N7O3/c1-21-4-8-23(9-5-21)31(40)12-15-36(16-13-31)25-3-2-14-38-28(25)34-30(35-38)33-24-10-6-22(7-11-24)29(39)37-17-18-41-27-20-32-19-26(27)37/h2-11,14,26-27,32,40H,12-13,15-20H2,1H3,(H,33,35). The summed E-state index contributed by atoms with van der Waals surface area (Å²) in [6.45, 7) is 6.23. The van der Waals surface area contributed by atoms with E-state index >= 15 is 0 Å². The molecule has 3 saturated heterocycles. The zero-order chi connectivity index (χ0) is 28.0. The van der Waals surface area contributed by atoms with Crippen LogP contribution in [-0.4, -0.2) is 82.0 Å². The van der Waals surface area contributed by atoms with Gasteiger partial charge in [0.1, 0.15) is 0 Å². The number of aryl methyl sites for hydroxylation is 1. The first-order valence-electron chi connectivity index (χ1n) is 14.4. The second kappa shape index (κ2) is 10.4. The van der Waals surface area contributed by atoms with Gasteiger partial charge in [-0.25, -0.2) is 4.52 Å². The largest absolute Gasteiger partial charge is 0.385 e. The molecule has 10 heteroatoms. The molecular weight excluding hydrogens is 518 g/mol. The molecular formula is C31H35N7O3. The number of aromatic nitrogens is 3. The summed E-state index contributed by atoms with van der Waals surface area (Å²) < 4.78 is 7.59. The lowest BCUT2D eigenvalue weighted by atomic mass is 9.84. The lowest BCUT2D eigenvalue weighted by Crippen LogP contribution is -2.53. The number of fused-ring (bicyclic) bond motifs is 2. The van der Waals surface area contributed by atoms with Crippen LogP contribution in [0.15, 0.2) is 66.9 Å². The number of carbonyl (C=O) groups excluding carboxylic acids is 1. The van der Waals surface area contributed by atoms with Gasteiger partial charge in [-0.1, -0.05) is 29.8 Å². The van der Waals surface area contributed by atoms with Crippen molar-refractivity contribution in [2.75, 3.05) is 49.5 Å². The molecule has 3 aliphatic heterocycles. The third-order valence-electron chi connectivity index (χ3n) is 8.70. The van der Waals surface area contributed by atoms with Crippen LogP contribution in [0.25, 0.3) is 5.65 Å². The smallest absolute Gasteiger partial charge is 0.254 e. The van der Waals surface area contributed by atoms with E-state index in [2.05, 4.69) is 45.8 Å². The van der Waals surface area contributed by atoms with Crippen LogP contribution in [-0.2, 0) is 10.3 Å². The Labute approximate surface area is 238 Å². The number of rotatable bonds is 5. The van der Waals surface area contributed by atoms with Gasteiger partial charge < -0.3 is 30.3 Å². The topological polar surface area (TPSA) is 107 Å². The molecule has 2 unspecified atom stereocenters. The Morgan fingerprint density at radius 1 is 1.05 bits per heavy atom. The summed E-state index contributed by atoms with van der Waals surface area (Å²) in [6.07, 6.45) is 3.25. The molecule has 3 N–H and O–H groups in total. The number of morpholine rings is 1. The van der Waals surface area contributed by atoms with Crippen LogP contribution in [0.2, 0.25) is 0 Å². The van der Waals surface area contributed by atoms with Crippen molar-refractivity contribution in [1.29, 1.82) is 0 Å². The maximum atomic E-state index is 13.2. The zero-order valence-corrected chi connectivity index (χ0v) is 23.2. The molecule has 0 spiro atoms. The monoisotopic (exact) mass is 553 g/mol. The number of hydrogen-bond donors (Lipinski definition) is 3. The minimum Gasteiger partial charge on any atom is -0.385 e. The van der Waals surface area contributed by atoms with Gasteiger partial charge in [-0.15, -0.1) is 5.10 Å². The predicted molar refractivity (Wildman–Crippen MR) is 157 cm³/mol. The molecule has 5 heterocycles. The lowest BCUT2D eigenvalue weighted by Gasteiger charge is -2.39. The van der Waals surface area contributed by atoms with E-state index in [0.29, 0.717) is 37.5 Å². The van der Waals surface area contributed by atoms with Crippen LogP contribution in [0.3, 0.4) is 0 Å². The van der Waals surface area contributed by atoms with Crippen molar-refractivity contribution < 1.29 is 14.6 Å². The van der Waals surface area contributed by atoms with E-state index in [0.717, 1.165) is 48.8 Å². The predicted octanol–water partition coefficient (Wildman–Crippen LogP) is 3.08. The van der Waals surface area contributed by atoms with Gasteiger partial charge >= 0.3 is 0 Å². The Morgan fingerprint density at radius 2 is 1.83 bits per heavy atom. The van der Waals surface area contributed by atoms with E-state index in [9.17, 15) is 9.90 Å². The quantitative estimate of drug-likeness (QED) is 0.346. The van der Waals surface area contributed by atoms with Crippen LogP contribution in [0, 0.1) is 6.92 Å². The molecule has 3 fully saturated rings. The van der Waals surface area contributed by atoms with E-state index in [-0.39, 0.29) is 18.1 Å². The van der Waals surface area contributed by atoms with E-state index in [1.807, 2.05) is 53.6 Å². The number of hydrogen-bond acceptors (Lipinski definition) is 8. The van der Waals surface area contributed by atoms with Crippen LogP contribution in [0.5, 0.6) is 0 Å². The molecule has 4 aromatic rings. The molecule has 2 aromatic carbocycles. The van der Waals surface area contributed by atoms with E-state index < -0.39 is 5.60 Å². The van der Waals surface area contributed by atoms with Gasteiger partial charge in [-0.2, -0.15) is 4.98 Å². The van der Waals surface area contributed by atoms with Crippen molar-refractivity contribution in [1.82, 2.24) is 24.8 Å². The summed E-state index contributed by atoms with van der Waals surface area (Å²) in [6, 6.07) is 19.8. The number of aliphatic hydroxyl groups is 1. The van der Waals surface area contributed by atoms with Gasteiger partial charge in [-0.05, 0) is 61.7 Å². The minimum atomic E-state index is -0.819. The second-order valence-corrected chi connectivity index (χ2v) is 11.3. The fourth-order valence-corrected chi connectivity index (χ4v) is 6.30. The molecule has 0 aliphatic carbocycles. The number of nitrogens with zero attached hydrogens (tertiary/aromatic N) is 5. The number of pyridine rings is 1. The first-order valence-corrected chi connectivity index (χ1v) is 14.4. The van der Waals surface area contributed by atoms with Crippen molar-refractivity contribution in [2.45, 2.75) is 37.5 Å². The summed E-state index contributed by atoms with van der Waals surface area (Å²) in [5, 5.41) is 22.6. The molecule has 1 amide bonds. The van der Waals surface area contributed by atoms with Gasteiger partial charge in [0.15, 0.2) is 5.65 Å². The number of benzene rings is 2. The molecule has 10 nitrogen and oxygen atoms in total. The van der Waals surface area contributed by atoms with Gasteiger partial charge in [0.05, 0.1) is 30.0 Å². The fraction of sp³-hybridized carbons (Fsp3) is 0.387. The van der Waals surface area contributed by atoms with Crippen molar-refractivity contribution in [3.05, 3.63) is 83.6 Å². The molecule has 212 valence electrons. The van der Waals surface area contributed by atoms with E-state index in [1.165, 1.54) is 5.56 Å². The Hall–Kier alpha value is -3.99. The number of anilines is 3. The number of nitrogens with one attached hydrogen (secondary N) is 2. The average Bonchev–Trinajstić information content (AvgIpc) is 3.65. The molecule has 0 radical (unpaired) electrons. The molecule has 2 atom stereocenters. The third kappa shape index (κ3) is 4.92. The first kappa shape index (κ1) is 25.9. The summed E-state index contributed by atoms with van der Waals surface area (Å²) in [5.74, 6) is 0.516. The van der Waals surface area contributed by atoms with Crippen molar-refractivity contribution in [2.24, 2.45) is 0 Å². The van der Waals surface area contributed by atoms with Crippen LogP contribution in [0.1, 0.15) is 34.3 Å². The van der Waals surface area contributed by atoms with Crippen LogP contribution < -0.4 is 15.5 Å². The SMILES string of the molecule is Cc1ccc(C2(O)CCN(c3cccn4nc(Nc5ccc(C(=O)N6CCOC7CNCC76)cc5)nc34)CC2)cc1. The normalized spacial score (nSPS) is 22.1. The van der Waals surface area contributed by atoms with E-state index in [4.69, 9.17) is 9.72 Å². The highest BCUT2D eigenvalue weighted by Crippen LogP contribution is 2.35. The van der Waals surface area contributed by atoms with Crippen LogP contribution in [0.4, 0.5) is 17.3 Å². The Morgan fingerprint density at radius 3 is 2.61 bits per heavy atom. The van der Waals surface area contributed by atoms with Crippen molar-refractivity contribution >= 4 is 28.9 Å². The summed E-state index contributed by atoms with van der Waals surface area (Å²) in [7, 11) is 0. The van der Waals surface area contributed by atoms with Crippen molar-refractivity contribution in [3.63, 3.8) is 0 Å². The number of piperidine rings is 1. The number of amides is 1. The summed E-state index contributed by atoms with van der Waals surface area (Å²) in [4.78, 5) is 22.2. The highest BCUT2D eigenvalue weighted by molar-refractivity contribution is 5.95. The van der Waals surface area contributed by atoms with Gasteiger partial charge in [0.25, 0.3) is 5.91 Å². The summed E-state index contributed by atoms with van der Waals surface area (Å²) >= 11 is 0. The highest BCUT2D eigenvalue weighted by Gasteiger charge is 2.39.